The first-order valence-corrected chi connectivity index (χ1v) is 13.7. The highest BCUT2D eigenvalue weighted by molar-refractivity contribution is 6.22. The summed E-state index contributed by atoms with van der Waals surface area (Å²) in [6.45, 7) is 2.58. The van der Waals surface area contributed by atoms with Crippen molar-refractivity contribution in [2.45, 2.75) is 37.5 Å². The number of rotatable bonds is 6. The van der Waals surface area contributed by atoms with Crippen molar-refractivity contribution in [3.8, 4) is 0 Å². The molecule has 2 atom stereocenters. The van der Waals surface area contributed by atoms with Gasteiger partial charge in [0.1, 0.15) is 0 Å². The molecule has 0 saturated carbocycles. The van der Waals surface area contributed by atoms with Crippen LogP contribution in [0.4, 0.5) is 4.79 Å². The van der Waals surface area contributed by atoms with Crippen LogP contribution in [-0.2, 0) is 11.3 Å². The van der Waals surface area contributed by atoms with Gasteiger partial charge in [-0.25, -0.2) is 9.80 Å². The van der Waals surface area contributed by atoms with Gasteiger partial charge >= 0.3 is 6.03 Å². The predicted molar refractivity (Wildman–Crippen MR) is 146 cm³/mol. The zero-order valence-electron chi connectivity index (χ0n) is 21.9. The summed E-state index contributed by atoms with van der Waals surface area (Å²) >= 11 is 0. The topological polar surface area (TPSA) is 93.3 Å². The Morgan fingerprint density at radius 2 is 1.40 bits per heavy atom. The normalized spacial score (nSPS) is 22.9. The number of amides is 5. The molecule has 0 radical (unpaired) electrons. The third kappa shape index (κ3) is 4.09. The van der Waals surface area contributed by atoms with Crippen LogP contribution in [0.1, 0.15) is 56.3 Å². The van der Waals surface area contributed by atoms with E-state index >= 15 is 0 Å². The van der Waals surface area contributed by atoms with E-state index in [1.165, 1.54) is 11.1 Å². The molecular formula is C31H29N5O4. The van der Waals surface area contributed by atoms with Gasteiger partial charge in [0.05, 0.1) is 23.7 Å². The zero-order valence-corrected chi connectivity index (χ0v) is 21.9. The van der Waals surface area contributed by atoms with Crippen molar-refractivity contribution in [1.82, 2.24) is 25.1 Å². The second kappa shape index (κ2) is 9.69. The lowest BCUT2D eigenvalue weighted by atomic mass is 9.84. The van der Waals surface area contributed by atoms with Gasteiger partial charge < -0.3 is 0 Å². The lowest BCUT2D eigenvalue weighted by molar-refractivity contribution is -0.122. The highest BCUT2D eigenvalue weighted by Crippen LogP contribution is 2.40. The van der Waals surface area contributed by atoms with Crippen molar-refractivity contribution < 1.29 is 19.2 Å². The molecule has 5 aliphatic heterocycles. The largest absolute Gasteiger partial charge is 0.343 e. The third-order valence-corrected chi connectivity index (χ3v) is 8.54. The maximum atomic E-state index is 13.2. The number of nitrogens with zero attached hydrogens (tertiary/aromatic N) is 4. The molecule has 8 rings (SSSR count). The fraction of sp³-hybridized carbons (Fsp3) is 0.290. The summed E-state index contributed by atoms with van der Waals surface area (Å²) in [4.78, 5) is 55.1. The Morgan fingerprint density at radius 3 is 2.02 bits per heavy atom. The molecule has 0 aromatic heterocycles. The average Bonchev–Trinajstić information content (AvgIpc) is 3.22. The first-order chi connectivity index (χ1) is 19.5. The van der Waals surface area contributed by atoms with Gasteiger partial charge in [-0.3, -0.25) is 29.5 Å². The van der Waals surface area contributed by atoms with E-state index in [0.29, 0.717) is 24.2 Å². The molecule has 2 unspecified atom stereocenters. The minimum absolute atomic E-state index is 0.0103. The zero-order chi connectivity index (χ0) is 27.4. The van der Waals surface area contributed by atoms with Crippen molar-refractivity contribution in [2.24, 2.45) is 0 Å². The molecule has 0 aliphatic carbocycles. The van der Waals surface area contributed by atoms with Crippen LogP contribution in [0, 0.1) is 0 Å². The fourth-order valence-electron chi connectivity index (χ4n) is 6.62. The summed E-state index contributed by atoms with van der Waals surface area (Å²) < 4.78 is 0. The summed E-state index contributed by atoms with van der Waals surface area (Å²) in [6.07, 6.45) is 1.18. The Morgan fingerprint density at radius 1 is 0.775 bits per heavy atom. The number of carbonyl (C=O) groups excluding carboxylic acids is 4. The smallest absolute Gasteiger partial charge is 0.291 e. The maximum absolute atomic E-state index is 13.2. The molecule has 3 aromatic rings. The van der Waals surface area contributed by atoms with Crippen LogP contribution in [0.25, 0.3) is 0 Å². The van der Waals surface area contributed by atoms with Crippen LogP contribution in [0.15, 0.2) is 78.9 Å². The van der Waals surface area contributed by atoms with Crippen molar-refractivity contribution in [3.05, 3.63) is 107 Å². The molecule has 4 saturated heterocycles. The van der Waals surface area contributed by atoms with Crippen molar-refractivity contribution in [1.29, 1.82) is 0 Å². The van der Waals surface area contributed by atoms with Gasteiger partial charge in [0, 0.05) is 38.1 Å². The first kappa shape index (κ1) is 24.7. The average molecular weight is 536 g/mol. The van der Waals surface area contributed by atoms with E-state index in [2.05, 4.69) is 75.8 Å². The Hall–Kier alpha value is -4.34. The highest BCUT2D eigenvalue weighted by atomic mass is 16.2. The molecule has 9 nitrogen and oxygen atoms in total. The van der Waals surface area contributed by atoms with Crippen LogP contribution >= 0.6 is 0 Å². The Balaban J connectivity index is 1.07. The van der Waals surface area contributed by atoms with Crippen LogP contribution in [-0.4, -0.2) is 75.3 Å². The first-order valence-electron chi connectivity index (χ1n) is 13.7. The van der Waals surface area contributed by atoms with E-state index in [4.69, 9.17) is 0 Å². The molecule has 2 bridgehead atoms. The SMILES string of the molecule is O=C1CCN(N2C(=O)c3ccc(CN4C5CC4CN(C(c4ccccc4)c4ccccc4)C5)cc3C2=O)C(=O)N1. The van der Waals surface area contributed by atoms with Crippen LogP contribution < -0.4 is 5.32 Å². The Kier molecular flexibility index (Phi) is 5.98. The number of piperidine rings is 1. The monoisotopic (exact) mass is 535 g/mol. The molecule has 40 heavy (non-hydrogen) atoms. The van der Waals surface area contributed by atoms with Crippen molar-refractivity contribution in [3.63, 3.8) is 0 Å². The van der Waals surface area contributed by atoms with Crippen LogP contribution in [0.2, 0.25) is 0 Å². The quantitative estimate of drug-likeness (QED) is 0.488. The molecule has 3 aromatic carbocycles. The summed E-state index contributed by atoms with van der Waals surface area (Å²) in [6, 6.07) is 26.9. The molecule has 5 amide bonds. The number of hydrogen-bond donors (Lipinski definition) is 1. The Bertz CT molecular complexity index is 1460. The standard InChI is InChI=1S/C31H29N5O4/c37-27-13-14-35(31(40)32-27)36-29(38)25-12-11-20(15-26(25)30(36)39)17-34-23-16-24(34)19-33(18-23)28(21-7-3-1-4-8-21)22-9-5-2-6-10-22/h1-12,15,23-24,28H,13-14,16-19H2,(H,32,37,40). The van der Waals surface area contributed by atoms with E-state index < -0.39 is 23.8 Å². The van der Waals surface area contributed by atoms with E-state index in [-0.39, 0.29) is 24.6 Å². The predicted octanol–water partition coefficient (Wildman–Crippen LogP) is 3.19. The number of fused-ring (bicyclic) bond motifs is 3. The van der Waals surface area contributed by atoms with Gasteiger partial charge in [-0.2, -0.15) is 5.01 Å². The minimum Gasteiger partial charge on any atom is -0.291 e. The molecule has 1 N–H and O–H groups in total. The lowest BCUT2D eigenvalue weighted by Gasteiger charge is -2.58. The van der Waals surface area contributed by atoms with Gasteiger partial charge in [0.15, 0.2) is 0 Å². The molecular weight excluding hydrogens is 506 g/mol. The van der Waals surface area contributed by atoms with Gasteiger partial charge in [0.25, 0.3) is 11.8 Å². The Labute approximate surface area is 231 Å². The number of hydrogen-bond acceptors (Lipinski definition) is 6. The van der Waals surface area contributed by atoms with Gasteiger partial charge in [-0.1, -0.05) is 66.7 Å². The fourth-order valence-corrected chi connectivity index (χ4v) is 6.62. The van der Waals surface area contributed by atoms with E-state index in [9.17, 15) is 19.2 Å². The van der Waals surface area contributed by atoms with E-state index in [1.54, 1.807) is 12.1 Å². The number of carbonyl (C=O) groups is 4. The van der Waals surface area contributed by atoms with Crippen molar-refractivity contribution in [2.75, 3.05) is 19.6 Å². The molecule has 5 heterocycles. The summed E-state index contributed by atoms with van der Waals surface area (Å²) in [5, 5.41) is 4.06. The highest BCUT2D eigenvalue weighted by Gasteiger charge is 2.47. The molecule has 202 valence electrons. The molecule has 0 spiro atoms. The maximum Gasteiger partial charge on any atom is 0.343 e. The second-order valence-corrected chi connectivity index (χ2v) is 10.9. The number of piperazine rings is 1. The summed E-state index contributed by atoms with van der Waals surface area (Å²) in [5.41, 5.74) is 4.12. The summed E-state index contributed by atoms with van der Waals surface area (Å²) in [5.74, 6) is -1.49. The second-order valence-electron chi connectivity index (χ2n) is 10.9. The number of imide groups is 2. The number of nitrogens with one attached hydrogen (secondary N) is 1. The molecule has 5 aliphatic rings. The van der Waals surface area contributed by atoms with Crippen molar-refractivity contribution >= 4 is 23.8 Å². The minimum atomic E-state index is -0.756. The number of urea groups is 1. The van der Waals surface area contributed by atoms with E-state index in [1.807, 2.05) is 6.07 Å². The van der Waals surface area contributed by atoms with Gasteiger partial charge in [-0.05, 0) is 35.2 Å². The number of hydrazine groups is 1. The molecule has 4 fully saturated rings. The van der Waals surface area contributed by atoms with Crippen LogP contribution in [0.5, 0.6) is 0 Å². The third-order valence-electron chi connectivity index (χ3n) is 8.54. The van der Waals surface area contributed by atoms with Crippen LogP contribution in [0.3, 0.4) is 0 Å². The van der Waals surface area contributed by atoms with E-state index in [0.717, 1.165) is 35.1 Å². The van der Waals surface area contributed by atoms with Gasteiger partial charge in [0.2, 0.25) is 5.91 Å². The lowest BCUT2D eigenvalue weighted by Crippen LogP contribution is -2.68. The molecule has 9 heteroatoms. The van der Waals surface area contributed by atoms with Gasteiger partial charge in [-0.15, -0.1) is 0 Å². The number of benzene rings is 3. The summed E-state index contributed by atoms with van der Waals surface area (Å²) in [7, 11) is 0.